The molecule has 3 aromatic rings. The van der Waals surface area contributed by atoms with Crippen molar-refractivity contribution in [1.82, 2.24) is 14.9 Å². The third-order valence-corrected chi connectivity index (χ3v) is 6.00. The molecular formula is C22H24N4O5S. The molecule has 32 heavy (non-hydrogen) atoms. The molecule has 2 aromatic heterocycles. The summed E-state index contributed by atoms with van der Waals surface area (Å²) in [6, 6.07) is 7.02. The maximum Gasteiger partial charge on any atom is 0.341 e. The van der Waals surface area contributed by atoms with Crippen LogP contribution in [0.1, 0.15) is 45.3 Å². The van der Waals surface area contributed by atoms with E-state index in [-0.39, 0.29) is 47.5 Å². The van der Waals surface area contributed by atoms with Gasteiger partial charge in [0.05, 0.1) is 41.0 Å². The van der Waals surface area contributed by atoms with Gasteiger partial charge in [0.2, 0.25) is 5.91 Å². The maximum absolute atomic E-state index is 12.6. The standard InChI is InChI=1S/C22H24N4O5S/c1-5-31-22(30)18-12(2)19(13(3)27)32-21(18)25-17(28)11-26(4)10-16-23-15-9-7-6-8-14(15)20(29)24-16/h6-9H,5,10-11H2,1-4H3,(H,25,28)(H,23,24,29). The minimum Gasteiger partial charge on any atom is -0.462 e. The summed E-state index contributed by atoms with van der Waals surface area (Å²) in [5.74, 6) is -0.725. The summed E-state index contributed by atoms with van der Waals surface area (Å²) < 4.78 is 5.08. The molecule has 168 valence electrons. The van der Waals surface area contributed by atoms with Gasteiger partial charge < -0.3 is 15.0 Å². The number of fused-ring (bicyclic) bond motifs is 1. The summed E-state index contributed by atoms with van der Waals surface area (Å²) in [4.78, 5) is 58.4. The van der Waals surface area contributed by atoms with E-state index in [2.05, 4.69) is 15.3 Å². The number of hydrogen-bond acceptors (Lipinski definition) is 8. The van der Waals surface area contributed by atoms with Crippen LogP contribution in [0.15, 0.2) is 29.1 Å². The lowest BCUT2D eigenvalue weighted by Gasteiger charge is -2.16. The molecule has 0 aliphatic heterocycles. The molecule has 3 rings (SSSR count). The highest BCUT2D eigenvalue weighted by atomic mass is 32.1. The van der Waals surface area contributed by atoms with Gasteiger partial charge in [0, 0.05) is 0 Å². The Bertz CT molecular complexity index is 1250. The van der Waals surface area contributed by atoms with Crippen LogP contribution >= 0.6 is 11.3 Å². The molecule has 2 heterocycles. The lowest BCUT2D eigenvalue weighted by Crippen LogP contribution is -2.31. The quantitative estimate of drug-likeness (QED) is 0.395. The summed E-state index contributed by atoms with van der Waals surface area (Å²) in [5, 5.41) is 3.49. The number of ketones is 1. The molecule has 0 saturated carbocycles. The van der Waals surface area contributed by atoms with Gasteiger partial charge in [-0.05, 0) is 45.5 Å². The predicted molar refractivity (Wildman–Crippen MR) is 122 cm³/mol. The number of esters is 1. The van der Waals surface area contributed by atoms with Crippen LogP contribution in [0.25, 0.3) is 10.9 Å². The van der Waals surface area contributed by atoms with Gasteiger partial charge in [0.15, 0.2) is 5.78 Å². The van der Waals surface area contributed by atoms with Crippen LogP contribution < -0.4 is 10.9 Å². The molecule has 0 aliphatic rings. The Kier molecular flexibility index (Phi) is 7.16. The van der Waals surface area contributed by atoms with Crippen LogP contribution in [-0.2, 0) is 16.1 Å². The normalized spacial score (nSPS) is 11.0. The van der Waals surface area contributed by atoms with Crippen molar-refractivity contribution in [1.29, 1.82) is 0 Å². The first-order chi connectivity index (χ1) is 15.2. The van der Waals surface area contributed by atoms with E-state index in [0.717, 1.165) is 11.3 Å². The van der Waals surface area contributed by atoms with Crippen molar-refractivity contribution in [2.45, 2.75) is 27.3 Å². The van der Waals surface area contributed by atoms with Crippen molar-refractivity contribution in [3.05, 3.63) is 56.4 Å². The van der Waals surface area contributed by atoms with Crippen LogP contribution in [0.5, 0.6) is 0 Å². The monoisotopic (exact) mass is 456 g/mol. The van der Waals surface area contributed by atoms with Crippen molar-refractivity contribution < 1.29 is 19.1 Å². The molecule has 0 unspecified atom stereocenters. The van der Waals surface area contributed by atoms with Gasteiger partial charge in [-0.15, -0.1) is 11.3 Å². The van der Waals surface area contributed by atoms with Crippen molar-refractivity contribution in [2.24, 2.45) is 0 Å². The topological polar surface area (TPSA) is 121 Å². The second-order valence-corrected chi connectivity index (χ2v) is 8.31. The number of para-hydroxylation sites is 1. The van der Waals surface area contributed by atoms with Crippen LogP contribution in [0.4, 0.5) is 5.00 Å². The Balaban J connectivity index is 1.74. The highest BCUT2D eigenvalue weighted by Gasteiger charge is 2.25. The average Bonchev–Trinajstić information content (AvgIpc) is 3.04. The second-order valence-electron chi connectivity index (χ2n) is 7.29. The molecule has 9 nitrogen and oxygen atoms in total. The number of aromatic amines is 1. The van der Waals surface area contributed by atoms with E-state index < -0.39 is 5.97 Å². The van der Waals surface area contributed by atoms with Gasteiger partial charge in [-0.3, -0.25) is 19.3 Å². The van der Waals surface area contributed by atoms with Crippen molar-refractivity contribution in [3.8, 4) is 0 Å². The Morgan fingerprint density at radius 2 is 1.97 bits per heavy atom. The maximum atomic E-state index is 12.6. The molecule has 0 fully saturated rings. The summed E-state index contributed by atoms with van der Waals surface area (Å²) in [6.07, 6.45) is 0. The largest absolute Gasteiger partial charge is 0.462 e. The Morgan fingerprint density at radius 3 is 2.66 bits per heavy atom. The fourth-order valence-corrected chi connectivity index (χ4v) is 4.43. The lowest BCUT2D eigenvalue weighted by atomic mass is 10.1. The third-order valence-electron chi connectivity index (χ3n) is 4.69. The number of anilines is 1. The lowest BCUT2D eigenvalue weighted by molar-refractivity contribution is -0.117. The molecule has 0 bridgehead atoms. The van der Waals surface area contributed by atoms with E-state index in [1.807, 2.05) is 0 Å². The summed E-state index contributed by atoms with van der Waals surface area (Å²) in [7, 11) is 1.71. The minimum absolute atomic E-state index is 0.0227. The van der Waals surface area contributed by atoms with Crippen LogP contribution in [0.2, 0.25) is 0 Å². The zero-order valence-electron chi connectivity index (χ0n) is 18.3. The first kappa shape index (κ1) is 23.3. The molecule has 0 atom stereocenters. The number of likely N-dealkylation sites (N-methyl/N-ethyl adjacent to an activating group) is 1. The molecule has 1 aromatic carbocycles. The third kappa shape index (κ3) is 5.09. The number of rotatable bonds is 8. The summed E-state index contributed by atoms with van der Waals surface area (Å²) in [6.45, 7) is 5.14. The second kappa shape index (κ2) is 9.84. The van der Waals surface area contributed by atoms with Crippen LogP contribution in [0.3, 0.4) is 0 Å². The number of carbonyl (C=O) groups excluding carboxylic acids is 3. The van der Waals surface area contributed by atoms with E-state index in [9.17, 15) is 19.2 Å². The number of benzene rings is 1. The molecule has 0 radical (unpaired) electrons. The fourth-order valence-electron chi connectivity index (χ4n) is 3.32. The van der Waals surface area contributed by atoms with Crippen molar-refractivity contribution in [2.75, 3.05) is 25.5 Å². The SMILES string of the molecule is CCOC(=O)c1c(NC(=O)CN(C)Cc2nc3ccccc3c(=O)[nH]2)sc(C(C)=O)c1C. The predicted octanol–water partition coefficient (Wildman–Crippen LogP) is 2.74. The number of nitrogens with one attached hydrogen (secondary N) is 2. The van der Waals surface area contributed by atoms with E-state index >= 15 is 0 Å². The molecule has 2 N–H and O–H groups in total. The van der Waals surface area contributed by atoms with Crippen molar-refractivity contribution in [3.63, 3.8) is 0 Å². The van der Waals surface area contributed by atoms with E-state index in [1.165, 1.54) is 6.92 Å². The molecule has 0 aliphatic carbocycles. The highest BCUT2D eigenvalue weighted by Crippen LogP contribution is 2.34. The average molecular weight is 457 g/mol. The number of Topliss-reactive ketones (excluding diaryl/α,β-unsaturated/α-hetero) is 1. The molecular weight excluding hydrogens is 432 g/mol. The fraction of sp³-hybridized carbons (Fsp3) is 0.318. The first-order valence-corrected chi connectivity index (χ1v) is 10.8. The zero-order valence-corrected chi connectivity index (χ0v) is 19.1. The number of H-pyrrole nitrogens is 1. The van der Waals surface area contributed by atoms with Gasteiger partial charge in [-0.2, -0.15) is 0 Å². The number of carbonyl (C=O) groups is 3. The number of thiophene rings is 1. The first-order valence-electron chi connectivity index (χ1n) is 9.99. The van der Waals surface area contributed by atoms with Crippen molar-refractivity contribution >= 4 is 44.9 Å². The minimum atomic E-state index is -0.588. The smallest absolute Gasteiger partial charge is 0.341 e. The highest BCUT2D eigenvalue weighted by molar-refractivity contribution is 7.18. The van der Waals surface area contributed by atoms with E-state index in [4.69, 9.17) is 4.74 Å². The number of aromatic nitrogens is 2. The Labute approximate surface area is 188 Å². The summed E-state index contributed by atoms with van der Waals surface area (Å²) >= 11 is 1.05. The number of ether oxygens (including phenoxy) is 1. The van der Waals surface area contributed by atoms with E-state index in [0.29, 0.717) is 27.2 Å². The van der Waals surface area contributed by atoms with Gasteiger partial charge in [0.25, 0.3) is 5.56 Å². The number of amides is 1. The Hall–Kier alpha value is -3.37. The van der Waals surface area contributed by atoms with Crippen LogP contribution in [0, 0.1) is 6.92 Å². The van der Waals surface area contributed by atoms with Gasteiger partial charge in [-0.25, -0.2) is 9.78 Å². The van der Waals surface area contributed by atoms with Gasteiger partial charge in [-0.1, -0.05) is 12.1 Å². The van der Waals surface area contributed by atoms with E-state index in [1.54, 1.807) is 50.1 Å². The van der Waals surface area contributed by atoms with Crippen LogP contribution in [-0.4, -0.2) is 52.7 Å². The molecule has 0 spiro atoms. The Morgan fingerprint density at radius 1 is 1.25 bits per heavy atom. The van der Waals surface area contributed by atoms with Gasteiger partial charge >= 0.3 is 5.97 Å². The zero-order chi connectivity index (χ0) is 23.4. The summed E-state index contributed by atoms with van der Waals surface area (Å²) in [5.41, 5.74) is 1.02. The molecule has 0 saturated heterocycles. The molecule has 10 heteroatoms. The van der Waals surface area contributed by atoms with Gasteiger partial charge in [0.1, 0.15) is 10.8 Å². The number of nitrogens with zero attached hydrogens (tertiary/aromatic N) is 2. The molecule has 1 amide bonds. The number of hydrogen-bond donors (Lipinski definition) is 2.